The molecule has 2 unspecified atom stereocenters. The molecule has 1 saturated heterocycles. The van der Waals surface area contributed by atoms with Gasteiger partial charge in [-0.05, 0) is 98.8 Å². The number of aliphatic hydroxyl groups excluding tert-OH is 2. The zero-order valence-corrected chi connectivity index (χ0v) is 32.1. The highest BCUT2D eigenvalue weighted by atomic mass is 16.6. The normalized spacial score (nSPS) is 13.5. The van der Waals surface area contributed by atoms with E-state index >= 15 is 0 Å². The zero-order chi connectivity index (χ0) is 41.8. The van der Waals surface area contributed by atoms with Crippen LogP contribution < -0.4 is 21.4 Å². The molecule has 57 heavy (non-hydrogen) atoms. The quantitative estimate of drug-likeness (QED) is 0.0436. The number of nitrogen functional groups attached to an aromatic ring is 1. The average Bonchev–Trinajstić information content (AvgIpc) is 3.58. The Morgan fingerprint density at radius 1 is 0.947 bits per heavy atom. The largest absolute Gasteiger partial charge is 0.477 e. The summed E-state index contributed by atoms with van der Waals surface area (Å²) in [6.07, 6.45) is 1.59. The van der Waals surface area contributed by atoms with Crippen LogP contribution in [0.15, 0.2) is 84.0 Å². The number of nitrogens with one attached hydrogen (secondary N) is 2. The molecule has 0 aromatic heterocycles. The van der Waals surface area contributed by atoms with Crippen molar-refractivity contribution >= 4 is 52.7 Å². The van der Waals surface area contributed by atoms with Crippen LogP contribution in [0.2, 0.25) is 0 Å². The Kier molecular flexibility index (Phi) is 15.1. The van der Waals surface area contributed by atoms with Gasteiger partial charge in [0.25, 0.3) is 17.5 Å². The van der Waals surface area contributed by atoms with Gasteiger partial charge in [0.05, 0.1) is 34.6 Å². The summed E-state index contributed by atoms with van der Waals surface area (Å²) in [4.78, 5) is 62.8. The predicted octanol–water partition coefficient (Wildman–Crippen LogP) is 4.89. The molecule has 3 amide bonds. The summed E-state index contributed by atoms with van der Waals surface area (Å²) in [6, 6.07) is 21.3. The van der Waals surface area contributed by atoms with Crippen molar-refractivity contribution in [1.82, 2.24) is 10.3 Å². The van der Waals surface area contributed by atoms with Gasteiger partial charge in [-0.25, -0.2) is 10.2 Å². The fourth-order valence-corrected chi connectivity index (χ4v) is 6.09. The first kappa shape index (κ1) is 43.2. The summed E-state index contributed by atoms with van der Waals surface area (Å²) in [6.45, 7) is 9.13. The van der Waals surface area contributed by atoms with E-state index in [1.807, 2.05) is 43.0 Å². The molecule has 5 rings (SSSR count). The van der Waals surface area contributed by atoms with E-state index in [1.165, 1.54) is 6.07 Å². The van der Waals surface area contributed by atoms with Crippen LogP contribution >= 0.6 is 0 Å². The summed E-state index contributed by atoms with van der Waals surface area (Å²) in [5.41, 5.74) is 12.5. The molecule has 0 radical (unpaired) electrons. The number of benzene rings is 4. The number of hydrogen-bond acceptors (Lipinski definition) is 11. The molecular formula is C41H47N7O9. The number of anilines is 3. The molecule has 300 valence electrons. The molecule has 1 heterocycles. The lowest BCUT2D eigenvalue weighted by Crippen LogP contribution is -2.35. The van der Waals surface area contributed by atoms with E-state index < -0.39 is 46.2 Å². The number of nitrogens with two attached hydrogens (primary N) is 1. The van der Waals surface area contributed by atoms with Gasteiger partial charge in [-0.3, -0.25) is 29.4 Å². The first-order valence-corrected chi connectivity index (χ1v) is 18.1. The lowest BCUT2D eigenvalue weighted by Gasteiger charge is -2.25. The Bertz CT molecular complexity index is 2140. The lowest BCUT2D eigenvalue weighted by molar-refractivity contribution is -0.385. The maximum absolute atomic E-state index is 13.4. The fourth-order valence-electron chi connectivity index (χ4n) is 6.09. The van der Waals surface area contributed by atoms with E-state index in [-0.39, 0.29) is 22.8 Å². The van der Waals surface area contributed by atoms with Gasteiger partial charge in [0.15, 0.2) is 0 Å². The van der Waals surface area contributed by atoms with Gasteiger partial charge >= 0.3 is 5.97 Å². The first-order chi connectivity index (χ1) is 27.0. The minimum atomic E-state index is -1.36. The van der Waals surface area contributed by atoms with Crippen molar-refractivity contribution in [2.24, 2.45) is 5.10 Å². The second-order valence-corrected chi connectivity index (χ2v) is 13.8. The summed E-state index contributed by atoms with van der Waals surface area (Å²) in [5, 5.41) is 45.7. The molecule has 1 fully saturated rings. The number of hydrogen-bond donors (Lipinski definition) is 6. The Morgan fingerprint density at radius 3 is 2.28 bits per heavy atom. The van der Waals surface area contributed by atoms with Crippen LogP contribution in [0.1, 0.15) is 80.0 Å². The van der Waals surface area contributed by atoms with Crippen LogP contribution in [0.4, 0.5) is 22.7 Å². The number of aromatic carboxylic acids is 1. The topological polar surface area (TPSA) is 241 Å². The van der Waals surface area contributed by atoms with Crippen LogP contribution in [0, 0.1) is 24.0 Å². The maximum atomic E-state index is 13.4. The third-order valence-electron chi connectivity index (χ3n) is 8.88. The zero-order valence-electron chi connectivity index (χ0n) is 32.1. The van der Waals surface area contributed by atoms with Gasteiger partial charge in [0, 0.05) is 55.6 Å². The van der Waals surface area contributed by atoms with Crippen LogP contribution in [-0.2, 0) is 11.3 Å². The molecule has 0 bridgehead atoms. The molecule has 1 aliphatic heterocycles. The Balaban J connectivity index is 0.000000469. The molecule has 4 aromatic rings. The van der Waals surface area contributed by atoms with Crippen molar-refractivity contribution < 1.29 is 39.4 Å². The number of carbonyl (C=O) groups is 4. The number of carboxylic acid groups (broad SMARTS) is 1. The maximum Gasteiger partial charge on any atom is 0.342 e. The monoisotopic (exact) mass is 781 g/mol. The second-order valence-electron chi connectivity index (χ2n) is 13.8. The number of aliphatic hydroxyl groups is 2. The standard InChI is InChI=1S/C34H41N5O5.C7H6N2O4/c1-22-10-11-26(15-23(22)2)18-35-37-34(44)30-17-29(39-14-6-9-32(39)42)12-13-31(30)36-33(43)28-8-5-7-27(16-28)21-38(19-24(3)40)20-25(4)41;8-4-1-2-6(9(12)13)5(3-4)7(10)11/h5,7-8,10-13,15-18,24-25,40-41H,6,9,14,19-21H2,1-4H3,(H,36,43)(H,37,44);1-3H,8H2,(H,10,11). The Morgan fingerprint density at radius 2 is 1.67 bits per heavy atom. The van der Waals surface area contributed by atoms with Crippen molar-refractivity contribution in [3.05, 3.63) is 128 Å². The van der Waals surface area contributed by atoms with Gasteiger partial charge in [-0.2, -0.15) is 5.10 Å². The summed E-state index contributed by atoms with van der Waals surface area (Å²) >= 11 is 0. The van der Waals surface area contributed by atoms with Crippen molar-refractivity contribution in [2.75, 3.05) is 35.6 Å². The Hall–Kier alpha value is -6.49. The molecule has 2 atom stereocenters. The highest BCUT2D eigenvalue weighted by Gasteiger charge is 2.24. The molecule has 16 heteroatoms. The smallest absolute Gasteiger partial charge is 0.342 e. The van der Waals surface area contributed by atoms with Crippen LogP contribution in [0.5, 0.6) is 0 Å². The van der Waals surface area contributed by atoms with Gasteiger partial charge in [0.1, 0.15) is 5.56 Å². The summed E-state index contributed by atoms with van der Waals surface area (Å²) in [5.74, 6) is -2.33. The Labute approximate surface area is 329 Å². The van der Waals surface area contributed by atoms with Gasteiger partial charge in [0.2, 0.25) is 5.91 Å². The van der Waals surface area contributed by atoms with E-state index in [9.17, 15) is 39.5 Å². The van der Waals surface area contributed by atoms with E-state index in [4.69, 9.17) is 10.8 Å². The molecule has 1 aliphatic rings. The highest BCUT2D eigenvalue weighted by molar-refractivity contribution is 6.10. The minimum absolute atomic E-state index is 0.0158. The minimum Gasteiger partial charge on any atom is -0.477 e. The van der Waals surface area contributed by atoms with Gasteiger partial charge in [-0.15, -0.1) is 0 Å². The molecular weight excluding hydrogens is 734 g/mol. The van der Waals surface area contributed by atoms with Crippen molar-refractivity contribution in [3.8, 4) is 0 Å². The number of nitro benzene ring substituents is 1. The SMILES string of the molecule is Cc1ccc(C=NNC(=O)c2cc(N3CCCC3=O)ccc2NC(=O)c2cccc(CN(CC(C)O)CC(C)O)c2)cc1C.Nc1ccc([N+](=O)[O-])c(C(=O)O)c1. The first-order valence-electron chi connectivity index (χ1n) is 18.1. The summed E-state index contributed by atoms with van der Waals surface area (Å²) in [7, 11) is 0. The van der Waals surface area contributed by atoms with Crippen molar-refractivity contribution in [3.63, 3.8) is 0 Å². The summed E-state index contributed by atoms with van der Waals surface area (Å²) < 4.78 is 0. The van der Waals surface area contributed by atoms with Gasteiger partial charge < -0.3 is 31.3 Å². The molecule has 0 saturated carbocycles. The molecule has 0 spiro atoms. The van der Waals surface area contributed by atoms with Gasteiger partial charge in [-0.1, -0.05) is 30.3 Å². The average molecular weight is 782 g/mol. The third-order valence-corrected chi connectivity index (χ3v) is 8.88. The van der Waals surface area contributed by atoms with E-state index in [2.05, 4.69) is 15.8 Å². The number of amides is 3. The molecule has 4 aromatic carbocycles. The number of carboxylic acids is 1. The van der Waals surface area contributed by atoms with E-state index in [1.54, 1.807) is 61.4 Å². The fraction of sp³-hybridized carbons (Fsp3) is 0.293. The number of rotatable bonds is 14. The number of nitro groups is 1. The lowest BCUT2D eigenvalue weighted by atomic mass is 10.1. The van der Waals surface area contributed by atoms with Crippen molar-refractivity contribution in [1.29, 1.82) is 0 Å². The highest BCUT2D eigenvalue weighted by Crippen LogP contribution is 2.28. The van der Waals surface area contributed by atoms with E-state index in [0.717, 1.165) is 40.8 Å². The molecule has 0 aliphatic carbocycles. The number of aryl methyl sites for hydroxylation is 2. The van der Waals surface area contributed by atoms with Crippen LogP contribution in [0.25, 0.3) is 0 Å². The molecule has 16 nitrogen and oxygen atoms in total. The van der Waals surface area contributed by atoms with Crippen molar-refractivity contribution in [2.45, 2.75) is 59.3 Å². The van der Waals surface area contributed by atoms with E-state index in [0.29, 0.717) is 43.9 Å². The number of carbonyl (C=O) groups excluding carboxylic acids is 3. The predicted molar refractivity (Wildman–Crippen MR) is 217 cm³/mol. The van der Waals surface area contributed by atoms with Crippen LogP contribution in [0.3, 0.4) is 0 Å². The number of hydrazone groups is 1. The van der Waals surface area contributed by atoms with Crippen LogP contribution in [-0.4, -0.2) is 86.9 Å². The third kappa shape index (κ3) is 12.5. The second kappa shape index (κ2) is 19.9. The molecule has 7 N–H and O–H groups in total. The number of nitrogens with zero attached hydrogens (tertiary/aromatic N) is 4.